The normalized spacial score (nSPS) is 22.6. The van der Waals surface area contributed by atoms with Crippen molar-refractivity contribution in [1.29, 1.82) is 0 Å². The first-order chi connectivity index (χ1) is 16.5. The van der Waals surface area contributed by atoms with E-state index < -0.39 is 32.3 Å². The Bertz CT molecular complexity index is 1100. The van der Waals surface area contributed by atoms with Gasteiger partial charge in [0.25, 0.3) is 5.91 Å². The second-order valence-corrected chi connectivity index (χ2v) is 17.4. The first-order valence-electron chi connectivity index (χ1n) is 12.7. The molecule has 198 valence electrons. The molecule has 2 amide bonds. The summed E-state index contributed by atoms with van der Waals surface area (Å²) in [6.07, 6.45) is 3.41. The van der Waals surface area contributed by atoms with Crippen molar-refractivity contribution in [3.05, 3.63) is 29.5 Å². The predicted octanol–water partition coefficient (Wildman–Crippen LogP) is 6.01. The zero-order chi connectivity index (χ0) is 26.8. The van der Waals surface area contributed by atoms with E-state index in [9.17, 15) is 14.7 Å². The maximum Gasteiger partial charge on any atom is 0.417 e. The molecule has 0 radical (unpaired) electrons. The molecule has 3 aliphatic rings. The smallest absolute Gasteiger partial charge is 0.417 e. The number of hydrogen-bond donors (Lipinski definition) is 1. The number of ether oxygens (including phenoxy) is 2. The van der Waals surface area contributed by atoms with Crippen molar-refractivity contribution in [1.82, 2.24) is 4.90 Å². The summed E-state index contributed by atoms with van der Waals surface area (Å²) in [5.74, 6) is 0.220. The number of phenols is 1. The highest BCUT2D eigenvalue weighted by atomic mass is 28.4. The average molecular weight is 517 g/mol. The van der Waals surface area contributed by atoms with Gasteiger partial charge in [-0.25, -0.2) is 9.69 Å². The van der Waals surface area contributed by atoms with E-state index in [2.05, 4.69) is 33.9 Å². The van der Waals surface area contributed by atoms with Crippen LogP contribution in [0.3, 0.4) is 0 Å². The summed E-state index contributed by atoms with van der Waals surface area (Å²) in [6, 6.07) is 2.50. The van der Waals surface area contributed by atoms with Crippen molar-refractivity contribution in [2.75, 3.05) is 12.0 Å². The van der Waals surface area contributed by atoms with Gasteiger partial charge in [0.15, 0.2) is 26.0 Å². The number of rotatable bonds is 4. The molecule has 2 atom stereocenters. The molecule has 1 saturated carbocycles. The highest BCUT2D eigenvalue weighted by Gasteiger charge is 2.52. The summed E-state index contributed by atoms with van der Waals surface area (Å²) in [5.41, 5.74) is 0.966. The Morgan fingerprint density at radius 1 is 1.11 bits per heavy atom. The molecule has 4 rings (SSSR count). The van der Waals surface area contributed by atoms with E-state index in [1.807, 2.05) is 6.20 Å². The number of fused-ring (bicyclic) bond motifs is 2. The lowest BCUT2D eigenvalue weighted by molar-refractivity contribution is 0.0363. The molecule has 8 nitrogen and oxygen atoms in total. The van der Waals surface area contributed by atoms with Crippen LogP contribution in [-0.2, 0) is 9.16 Å². The molecule has 0 aromatic heterocycles. The number of anilines is 1. The van der Waals surface area contributed by atoms with Crippen molar-refractivity contribution >= 4 is 26.0 Å². The van der Waals surface area contributed by atoms with Gasteiger partial charge in [-0.05, 0) is 75.7 Å². The minimum atomic E-state index is -2.43. The van der Waals surface area contributed by atoms with Crippen LogP contribution in [0.1, 0.15) is 71.2 Å². The van der Waals surface area contributed by atoms with Gasteiger partial charge < -0.3 is 23.9 Å². The molecule has 1 aromatic rings. The number of hydrogen-bond acceptors (Lipinski definition) is 6. The van der Waals surface area contributed by atoms with E-state index in [1.165, 1.54) is 29.7 Å². The van der Waals surface area contributed by atoms with E-state index in [0.29, 0.717) is 12.3 Å². The number of nitrogens with zero attached hydrogens (tertiary/aromatic N) is 2. The summed E-state index contributed by atoms with van der Waals surface area (Å²) in [4.78, 5) is 31.0. The molecule has 2 unspecified atom stereocenters. The minimum absolute atomic E-state index is 0.135. The fourth-order valence-corrected chi connectivity index (χ4v) is 5.72. The first-order valence-corrected chi connectivity index (χ1v) is 15.6. The molecule has 1 aliphatic carbocycles. The van der Waals surface area contributed by atoms with Crippen LogP contribution < -0.4 is 9.64 Å². The fourth-order valence-electron chi connectivity index (χ4n) is 4.50. The quantitative estimate of drug-likeness (QED) is 0.493. The molecule has 1 fully saturated rings. The second-order valence-electron chi connectivity index (χ2n) is 12.6. The van der Waals surface area contributed by atoms with Crippen LogP contribution >= 0.6 is 0 Å². The van der Waals surface area contributed by atoms with E-state index >= 15 is 0 Å². The number of phenolic OH excluding ortho intramolecular Hbond substituents is 1. The van der Waals surface area contributed by atoms with Crippen molar-refractivity contribution in [2.24, 2.45) is 5.92 Å². The lowest BCUT2D eigenvalue weighted by Crippen LogP contribution is -2.58. The molecular formula is C27H40N2O6Si. The third kappa shape index (κ3) is 4.87. The van der Waals surface area contributed by atoms with Gasteiger partial charge in [0.2, 0.25) is 0 Å². The topological polar surface area (TPSA) is 88.5 Å². The average Bonchev–Trinajstić information content (AvgIpc) is 3.49. The van der Waals surface area contributed by atoms with Crippen LogP contribution in [0, 0.1) is 5.92 Å². The van der Waals surface area contributed by atoms with Gasteiger partial charge in [0, 0.05) is 12.3 Å². The van der Waals surface area contributed by atoms with E-state index in [4.69, 9.17) is 13.9 Å². The molecule has 1 N–H and O–H groups in total. The summed E-state index contributed by atoms with van der Waals surface area (Å²) in [6.45, 7) is 16.1. The van der Waals surface area contributed by atoms with Gasteiger partial charge in [-0.1, -0.05) is 20.8 Å². The van der Waals surface area contributed by atoms with Crippen LogP contribution in [0.25, 0.3) is 0 Å². The van der Waals surface area contributed by atoms with Crippen LogP contribution in [0.5, 0.6) is 11.5 Å². The SMILES string of the molecule is COc1cc2c(cc1O)N(C(=O)OC(C)(C)C)C(O[Si](C)(C)C(C)(C)C)C1CC(C3CC3)=CN1C2=O. The van der Waals surface area contributed by atoms with Crippen LogP contribution in [-0.4, -0.2) is 55.3 Å². The van der Waals surface area contributed by atoms with Crippen molar-refractivity contribution in [3.8, 4) is 11.5 Å². The largest absolute Gasteiger partial charge is 0.504 e. The molecule has 9 heteroatoms. The highest BCUT2D eigenvalue weighted by Crippen LogP contribution is 2.48. The number of amides is 2. The fraction of sp³-hybridized carbons (Fsp3) is 0.630. The van der Waals surface area contributed by atoms with Gasteiger partial charge in [-0.15, -0.1) is 0 Å². The summed E-state index contributed by atoms with van der Waals surface area (Å²) >= 11 is 0. The molecule has 1 aromatic carbocycles. The third-order valence-corrected chi connectivity index (χ3v) is 12.1. The summed E-state index contributed by atoms with van der Waals surface area (Å²) < 4.78 is 18.1. The Morgan fingerprint density at radius 2 is 1.75 bits per heavy atom. The zero-order valence-electron chi connectivity index (χ0n) is 23.0. The Morgan fingerprint density at radius 3 is 2.28 bits per heavy atom. The monoisotopic (exact) mass is 516 g/mol. The minimum Gasteiger partial charge on any atom is -0.504 e. The highest BCUT2D eigenvalue weighted by molar-refractivity contribution is 6.74. The maximum atomic E-state index is 14.0. The number of methoxy groups -OCH3 is 1. The van der Waals surface area contributed by atoms with Crippen molar-refractivity contribution < 1.29 is 28.6 Å². The van der Waals surface area contributed by atoms with Crippen LogP contribution in [0.2, 0.25) is 18.1 Å². The standard InChI is InChI=1S/C27H40N2O6Si/c1-26(2,3)34-25(32)29-19-14-21(30)22(33-7)13-18(19)23(31)28-15-17(16-10-11-16)12-20(28)24(29)35-36(8,9)27(4,5)6/h13-16,20,24,30H,10-12H2,1-9H3. The molecule has 0 saturated heterocycles. The van der Waals surface area contributed by atoms with Gasteiger partial charge in [0.05, 0.1) is 24.4 Å². The Kier molecular flexibility index (Phi) is 6.49. The number of aromatic hydroxyl groups is 1. The van der Waals surface area contributed by atoms with E-state index in [0.717, 1.165) is 12.8 Å². The lowest BCUT2D eigenvalue weighted by Gasteiger charge is -2.44. The van der Waals surface area contributed by atoms with Crippen molar-refractivity contribution in [3.63, 3.8) is 0 Å². The van der Waals surface area contributed by atoms with Crippen LogP contribution in [0.15, 0.2) is 23.9 Å². The zero-order valence-corrected chi connectivity index (χ0v) is 24.0. The predicted molar refractivity (Wildman–Crippen MR) is 141 cm³/mol. The van der Waals surface area contributed by atoms with Gasteiger partial charge in [0.1, 0.15) is 5.60 Å². The summed E-state index contributed by atoms with van der Waals surface area (Å²) in [7, 11) is -0.995. The number of carbonyl (C=O) groups excluding carboxylic acids is 2. The lowest BCUT2D eigenvalue weighted by atomic mass is 10.0. The molecule has 36 heavy (non-hydrogen) atoms. The molecule has 0 bridgehead atoms. The van der Waals surface area contributed by atoms with Gasteiger partial charge >= 0.3 is 6.09 Å². The molecule has 2 aliphatic heterocycles. The van der Waals surface area contributed by atoms with E-state index in [1.54, 1.807) is 25.7 Å². The third-order valence-electron chi connectivity index (χ3n) is 7.63. The van der Waals surface area contributed by atoms with Crippen molar-refractivity contribution in [2.45, 2.75) is 96.8 Å². The number of carbonyl (C=O) groups is 2. The van der Waals surface area contributed by atoms with E-state index in [-0.39, 0.29) is 33.7 Å². The molecular weight excluding hydrogens is 476 g/mol. The maximum absolute atomic E-state index is 14.0. The van der Waals surface area contributed by atoms with Gasteiger partial charge in [-0.2, -0.15) is 0 Å². The number of benzene rings is 1. The molecule has 2 heterocycles. The Balaban J connectivity index is 1.93. The van der Waals surface area contributed by atoms with Crippen LogP contribution in [0.4, 0.5) is 10.5 Å². The Labute approximate surface area is 215 Å². The second kappa shape index (κ2) is 8.80. The first kappa shape index (κ1) is 26.5. The summed E-state index contributed by atoms with van der Waals surface area (Å²) in [5, 5.41) is 10.5. The molecule has 0 spiro atoms. The van der Waals surface area contributed by atoms with Gasteiger partial charge in [-0.3, -0.25) is 4.79 Å². The Hall–Kier alpha value is -2.52.